The third kappa shape index (κ3) is 4.76. The molecule has 1 heterocycles. The maximum atomic E-state index is 11.8. The molecule has 0 radical (unpaired) electrons. The van der Waals surface area contributed by atoms with Gasteiger partial charge in [0.25, 0.3) is 11.6 Å². The first-order valence-corrected chi connectivity index (χ1v) is 7.63. The molecule has 0 saturated heterocycles. The van der Waals surface area contributed by atoms with Crippen LogP contribution in [0.3, 0.4) is 0 Å². The smallest absolute Gasteiger partial charge is 0.338 e. The van der Waals surface area contributed by atoms with Crippen LogP contribution in [0.5, 0.6) is 0 Å². The van der Waals surface area contributed by atoms with Crippen LogP contribution in [0, 0.1) is 10.1 Å². The average Bonchev–Trinajstić information content (AvgIpc) is 3.04. The number of rotatable bonds is 6. The van der Waals surface area contributed by atoms with Gasteiger partial charge >= 0.3 is 5.97 Å². The van der Waals surface area contributed by atoms with Crippen molar-refractivity contribution in [2.24, 2.45) is 0 Å². The summed E-state index contributed by atoms with van der Waals surface area (Å²) < 4.78 is 4.82. The van der Waals surface area contributed by atoms with Crippen molar-refractivity contribution in [2.75, 3.05) is 6.61 Å². The van der Waals surface area contributed by atoms with E-state index >= 15 is 0 Å². The van der Waals surface area contributed by atoms with Gasteiger partial charge in [-0.25, -0.2) is 4.79 Å². The Hall–Kier alpha value is -2.45. The molecule has 0 aliphatic rings. The minimum Gasteiger partial charge on any atom is -0.452 e. The lowest BCUT2D eigenvalue weighted by molar-refractivity contribution is -0.384. The molecule has 0 saturated carbocycles. The minimum atomic E-state index is -0.837. The number of nitro benzene ring substituents is 1. The summed E-state index contributed by atoms with van der Waals surface area (Å²) >= 11 is 7.15. The van der Waals surface area contributed by atoms with Crippen molar-refractivity contribution in [1.82, 2.24) is 5.32 Å². The van der Waals surface area contributed by atoms with Gasteiger partial charge in [-0.1, -0.05) is 17.7 Å². The van der Waals surface area contributed by atoms with Gasteiger partial charge in [-0.3, -0.25) is 14.9 Å². The number of benzene rings is 1. The van der Waals surface area contributed by atoms with E-state index in [2.05, 4.69) is 5.32 Å². The fourth-order valence-electron chi connectivity index (χ4n) is 1.64. The molecule has 0 aliphatic carbocycles. The number of thiophene rings is 1. The SMILES string of the molecule is O=C(COC(=O)c1ccc(Cl)c([N+](=O)[O-])c1)NCc1cccs1. The van der Waals surface area contributed by atoms with E-state index in [0.29, 0.717) is 6.54 Å². The molecule has 7 nitrogen and oxygen atoms in total. The lowest BCUT2D eigenvalue weighted by atomic mass is 10.2. The summed E-state index contributed by atoms with van der Waals surface area (Å²) in [7, 11) is 0. The van der Waals surface area contributed by atoms with Crippen LogP contribution < -0.4 is 5.32 Å². The highest BCUT2D eigenvalue weighted by atomic mass is 35.5. The molecular formula is C14H11ClN2O5S. The monoisotopic (exact) mass is 354 g/mol. The zero-order valence-electron chi connectivity index (χ0n) is 11.7. The Bertz CT molecular complexity index is 733. The van der Waals surface area contributed by atoms with E-state index in [-0.39, 0.29) is 10.6 Å². The maximum absolute atomic E-state index is 11.8. The Morgan fingerprint density at radius 2 is 2.13 bits per heavy atom. The van der Waals surface area contributed by atoms with E-state index in [9.17, 15) is 19.7 Å². The van der Waals surface area contributed by atoms with Crippen LogP contribution in [0.25, 0.3) is 0 Å². The molecule has 23 heavy (non-hydrogen) atoms. The summed E-state index contributed by atoms with van der Waals surface area (Å²) in [6.07, 6.45) is 0. The number of hydrogen-bond acceptors (Lipinski definition) is 6. The van der Waals surface area contributed by atoms with Crippen LogP contribution in [0.1, 0.15) is 15.2 Å². The topological polar surface area (TPSA) is 98.5 Å². The maximum Gasteiger partial charge on any atom is 0.338 e. The first-order valence-electron chi connectivity index (χ1n) is 6.37. The van der Waals surface area contributed by atoms with Gasteiger partial charge in [-0.15, -0.1) is 11.3 Å². The fraction of sp³-hybridized carbons (Fsp3) is 0.143. The standard InChI is InChI=1S/C14H11ClN2O5S/c15-11-4-3-9(6-12(11)17(20)21)14(19)22-8-13(18)16-7-10-2-1-5-23-10/h1-6H,7-8H2,(H,16,18). The normalized spacial score (nSPS) is 10.1. The molecule has 0 atom stereocenters. The molecular weight excluding hydrogens is 344 g/mol. The molecule has 2 aromatic rings. The fourth-order valence-corrected chi connectivity index (χ4v) is 2.47. The Balaban J connectivity index is 1.88. The van der Waals surface area contributed by atoms with Crippen molar-refractivity contribution >= 4 is 40.5 Å². The van der Waals surface area contributed by atoms with E-state index in [1.807, 2.05) is 17.5 Å². The zero-order chi connectivity index (χ0) is 16.8. The van der Waals surface area contributed by atoms with Crippen LogP contribution in [0.2, 0.25) is 5.02 Å². The molecule has 0 unspecified atom stereocenters. The van der Waals surface area contributed by atoms with Crippen LogP contribution >= 0.6 is 22.9 Å². The Labute approximate surface area is 140 Å². The third-order valence-corrected chi connectivity index (χ3v) is 3.95. The van der Waals surface area contributed by atoms with Crippen molar-refractivity contribution in [3.05, 3.63) is 61.3 Å². The molecule has 120 valence electrons. The molecule has 9 heteroatoms. The molecule has 0 bridgehead atoms. The molecule has 0 fully saturated rings. The first-order chi connectivity index (χ1) is 11.0. The minimum absolute atomic E-state index is 0.0489. The Kier molecular flexibility index (Phi) is 5.67. The number of nitro groups is 1. The summed E-state index contributed by atoms with van der Waals surface area (Å²) in [6.45, 7) is -0.124. The number of carbonyl (C=O) groups is 2. The van der Waals surface area contributed by atoms with Gasteiger partial charge in [0.1, 0.15) is 5.02 Å². The molecule has 1 aromatic carbocycles. The molecule has 1 aromatic heterocycles. The summed E-state index contributed by atoms with van der Waals surface area (Å²) in [4.78, 5) is 34.4. The highest BCUT2D eigenvalue weighted by molar-refractivity contribution is 7.09. The van der Waals surface area contributed by atoms with Gasteiger partial charge in [0.2, 0.25) is 0 Å². The number of hydrogen-bond donors (Lipinski definition) is 1. The van der Waals surface area contributed by atoms with Gasteiger partial charge in [-0.05, 0) is 23.6 Å². The quantitative estimate of drug-likeness (QED) is 0.488. The van der Waals surface area contributed by atoms with E-state index in [4.69, 9.17) is 16.3 Å². The summed E-state index contributed by atoms with van der Waals surface area (Å²) in [5.74, 6) is -1.30. The summed E-state index contributed by atoms with van der Waals surface area (Å²) in [5.41, 5.74) is -0.449. The van der Waals surface area contributed by atoms with Crippen LogP contribution in [0.15, 0.2) is 35.7 Å². The van der Waals surface area contributed by atoms with Crippen molar-refractivity contribution in [3.8, 4) is 0 Å². The Morgan fingerprint density at radius 3 is 2.78 bits per heavy atom. The Morgan fingerprint density at radius 1 is 1.35 bits per heavy atom. The second kappa shape index (κ2) is 7.70. The molecule has 2 rings (SSSR count). The number of halogens is 1. The van der Waals surface area contributed by atoms with Gasteiger partial charge in [0, 0.05) is 10.9 Å². The van der Waals surface area contributed by atoms with Gasteiger partial charge in [0.15, 0.2) is 6.61 Å². The average molecular weight is 355 g/mol. The largest absolute Gasteiger partial charge is 0.452 e. The van der Waals surface area contributed by atoms with E-state index in [1.54, 1.807) is 0 Å². The van der Waals surface area contributed by atoms with Crippen molar-refractivity contribution in [3.63, 3.8) is 0 Å². The van der Waals surface area contributed by atoms with Crippen LogP contribution in [0.4, 0.5) is 5.69 Å². The number of amides is 1. The molecule has 1 amide bonds. The number of esters is 1. The predicted octanol–water partition coefficient (Wildman–Crippen LogP) is 2.78. The van der Waals surface area contributed by atoms with E-state index in [0.717, 1.165) is 10.9 Å². The van der Waals surface area contributed by atoms with Gasteiger partial charge < -0.3 is 10.1 Å². The third-order valence-electron chi connectivity index (χ3n) is 2.75. The van der Waals surface area contributed by atoms with E-state index < -0.39 is 29.1 Å². The van der Waals surface area contributed by atoms with Crippen molar-refractivity contribution in [2.45, 2.75) is 6.54 Å². The zero-order valence-corrected chi connectivity index (χ0v) is 13.2. The molecule has 0 spiro atoms. The van der Waals surface area contributed by atoms with Gasteiger partial charge in [-0.2, -0.15) is 0 Å². The predicted molar refractivity (Wildman–Crippen MR) is 84.6 cm³/mol. The van der Waals surface area contributed by atoms with Crippen LogP contribution in [-0.2, 0) is 16.1 Å². The van der Waals surface area contributed by atoms with Gasteiger partial charge in [0.05, 0.1) is 17.0 Å². The van der Waals surface area contributed by atoms with Crippen molar-refractivity contribution < 1.29 is 19.2 Å². The second-order valence-corrected chi connectivity index (χ2v) is 5.79. The summed E-state index contributed by atoms with van der Waals surface area (Å²) in [5, 5.41) is 15.2. The highest BCUT2D eigenvalue weighted by Crippen LogP contribution is 2.25. The lowest BCUT2D eigenvalue weighted by Crippen LogP contribution is -2.28. The second-order valence-electron chi connectivity index (χ2n) is 4.36. The summed E-state index contributed by atoms with van der Waals surface area (Å²) in [6, 6.07) is 7.26. The lowest BCUT2D eigenvalue weighted by Gasteiger charge is -2.06. The van der Waals surface area contributed by atoms with Crippen molar-refractivity contribution in [1.29, 1.82) is 0 Å². The first kappa shape index (κ1) is 16.9. The number of nitrogens with zero attached hydrogens (tertiary/aromatic N) is 1. The van der Waals surface area contributed by atoms with Crippen LogP contribution in [-0.4, -0.2) is 23.4 Å². The number of carbonyl (C=O) groups excluding carboxylic acids is 2. The molecule has 1 N–H and O–H groups in total. The molecule has 0 aliphatic heterocycles. The number of ether oxygens (including phenoxy) is 1. The van der Waals surface area contributed by atoms with E-state index in [1.165, 1.54) is 23.5 Å². The number of nitrogens with one attached hydrogen (secondary N) is 1. The highest BCUT2D eigenvalue weighted by Gasteiger charge is 2.17.